The monoisotopic (exact) mass is 281 g/mol. The summed E-state index contributed by atoms with van der Waals surface area (Å²) in [5.41, 5.74) is 8.05. The zero-order valence-electron chi connectivity index (χ0n) is 12.2. The van der Waals surface area contributed by atoms with Crippen LogP contribution in [0.1, 0.15) is 19.4 Å². The van der Waals surface area contributed by atoms with Crippen LogP contribution in [0.3, 0.4) is 0 Å². The first-order chi connectivity index (χ1) is 10.1. The van der Waals surface area contributed by atoms with Crippen molar-refractivity contribution in [2.24, 2.45) is 10.7 Å². The molecule has 0 amide bonds. The normalized spacial score (nSPS) is 12.2. The highest BCUT2D eigenvalue weighted by Crippen LogP contribution is 2.12. The topological polar surface area (TPSA) is 60.4 Å². The molecule has 0 aliphatic carbocycles. The molecular weight excluding hydrogens is 262 g/mol. The maximum Gasteiger partial charge on any atom is 0.255 e. The predicted molar refractivity (Wildman–Crippen MR) is 87.8 cm³/mol. The molecule has 0 bridgehead atoms. The van der Waals surface area contributed by atoms with Crippen LogP contribution in [0.2, 0.25) is 0 Å². The van der Waals surface area contributed by atoms with E-state index < -0.39 is 0 Å². The number of hydrogen-bond donors (Lipinski definition) is 1. The maximum absolute atomic E-state index is 12.0. The van der Waals surface area contributed by atoms with E-state index in [2.05, 4.69) is 4.99 Å². The van der Waals surface area contributed by atoms with Gasteiger partial charge in [0.2, 0.25) is 0 Å². The van der Waals surface area contributed by atoms with Gasteiger partial charge in [0.25, 0.3) is 5.56 Å². The van der Waals surface area contributed by atoms with Crippen molar-refractivity contribution in [1.29, 1.82) is 0 Å². The molecule has 0 saturated heterocycles. The minimum absolute atomic E-state index is 0.0814. The molecule has 0 radical (unpaired) electrons. The van der Waals surface area contributed by atoms with E-state index in [0.29, 0.717) is 0 Å². The second-order valence-corrected chi connectivity index (χ2v) is 4.96. The smallest absolute Gasteiger partial charge is 0.255 e. The van der Waals surface area contributed by atoms with E-state index in [4.69, 9.17) is 5.73 Å². The lowest BCUT2D eigenvalue weighted by molar-refractivity contribution is 0.842. The Kier molecular flexibility index (Phi) is 4.72. The largest absolute Gasteiger partial charge is 0.404 e. The second kappa shape index (κ2) is 6.70. The van der Waals surface area contributed by atoms with Crippen molar-refractivity contribution in [2.45, 2.75) is 19.9 Å². The number of nitrogens with two attached hydrogens (primary N) is 1. The van der Waals surface area contributed by atoms with E-state index in [9.17, 15) is 4.79 Å². The molecule has 2 aromatic rings. The van der Waals surface area contributed by atoms with E-state index in [0.717, 1.165) is 16.8 Å². The van der Waals surface area contributed by atoms with Gasteiger partial charge in [0.05, 0.1) is 0 Å². The Labute approximate surface area is 124 Å². The molecule has 0 saturated carbocycles. The summed E-state index contributed by atoms with van der Waals surface area (Å²) in [4.78, 5) is 16.4. The molecule has 1 aromatic heterocycles. The summed E-state index contributed by atoms with van der Waals surface area (Å²) in [5.74, 6) is 0. The van der Waals surface area contributed by atoms with E-state index >= 15 is 0 Å². The van der Waals surface area contributed by atoms with Gasteiger partial charge in [-0.1, -0.05) is 18.2 Å². The van der Waals surface area contributed by atoms with Crippen molar-refractivity contribution in [3.63, 3.8) is 0 Å². The van der Waals surface area contributed by atoms with Gasteiger partial charge in [0, 0.05) is 47.5 Å². The van der Waals surface area contributed by atoms with Crippen LogP contribution in [-0.2, 0) is 0 Å². The third-order valence-electron chi connectivity index (χ3n) is 2.97. The van der Waals surface area contributed by atoms with E-state index in [1.807, 2.05) is 44.2 Å². The lowest BCUT2D eigenvalue weighted by Crippen LogP contribution is -2.17. The molecule has 4 heteroatoms. The minimum Gasteiger partial charge on any atom is -0.404 e. The molecule has 108 valence electrons. The minimum atomic E-state index is -0.0814. The van der Waals surface area contributed by atoms with Crippen LogP contribution in [0.5, 0.6) is 0 Å². The third kappa shape index (κ3) is 3.69. The third-order valence-corrected chi connectivity index (χ3v) is 2.97. The molecule has 0 aliphatic rings. The predicted octanol–water partition coefficient (Wildman–Crippen LogP) is 2.62. The molecule has 0 atom stereocenters. The van der Waals surface area contributed by atoms with Crippen LogP contribution in [0, 0.1) is 0 Å². The zero-order valence-corrected chi connectivity index (χ0v) is 12.2. The van der Waals surface area contributed by atoms with Crippen molar-refractivity contribution >= 4 is 11.8 Å². The molecule has 4 nitrogen and oxygen atoms in total. The Bertz CT molecular complexity index is 712. The first kappa shape index (κ1) is 14.8. The summed E-state index contributed by atoms with van der Waals surface area (Å²) < 4.78 is 1.60. The van der Waals surface area contributed by atoms with Gasteiger partial charge >= 0.3 is 0 Å². The highest BCUT2D eigenvalue weighted by atomic mass is 16.1. The highest BCUT2D eigenvalue weighted by molar-refractivity contribution is 6.09. The number of allylic oxidation sites excluding steroid dienone is 1. The molecule has 0 aliphatic heterocycles. The highest BCUT2D eigenvalue weighted by Gasteiger charge is 2.04. The summed E-state index contributed by atoms with van der Waals surface area (Å²) in [6, 6.07) is 13.0. The number of pyridine rings is 1. The van der Waals surface area contributed by atoms with Gasteiger partial charge in [-0.05, 0) is 32.0 Å². The van der Waals surface area contributed by atoms with Crippen LogP contribution in [-0.4, -0.2) is 16.8 Å². The lowest BCUT2D eigenvalue weighted by atomic mass is 10.1. The molecule has 0 spiro atoms. The fourth-order valence-electron chi connectivity index (χ4n) is 1.89. The van der Waals surface area contributed by atoms with Gasteiger partial charge in [-0.25, -0.2) is 0 Å². The standard InChI is InChI=1S/C17H19N3O/c1-13(2)19-11-15(10-18)14-8-9-17(21)20(12-14)16-6-4-3-5-7-16/h3-13H,18H2,1-2H3. The number of benzene rings is 1. The quantitative estimate of drug-likeness (QED) is 0.876. The van der Waals surface area contributed by atoms with Crippen molar-refractivity contribution in [1.82, 2.24) is 4.57 Å². The van der Waals surface area contributed by atoms with Crippen LogP contribution < -0.4 is 11.3 Å². The van der Waals surface area contributed by atoms with E-state index in [1.54, 1.807) is 23.0 Å². The van der Waals surface area contributed by atoms with Gasteiger partial charge in [-0.3, -0.25) is 14.4 Å². The summed E-state index contributed by atoms with van der Waals surface area (Å²) in [5, 5.41) is 0. The number of nitrogens with zero attached hydrogens (tertiary/aromatic N) is 2. The average Bonchev–Trinajstić information content (AvgIpc) is 2.50. The first-order valence-electron chi connectivity index (χ1n) is 6.85. The number of aliphatic imine (C=N–C) groups is 1. The van der Waals surface area contributed by atoms with Crippen LogP contribution in [0.25, 0.3) is 11.3 Å². The first-order valence-corrected chi connectivity index (χ1v) is 6.85. The average molecular weight is 281 g/mol. The van der Waals surface area contributed by atoms with Crippen molar-refractivity contribution in [3.05, 3.63) is 70.8 Å². The molecule has 0 unspecified atom stereocenters. The summed E-state index contributed by atoms with van der Waals surface area (Å²) in [6.45, 7) is 3.99. The Hall–Kier alpha value is -2.62. The maximum atomic E-state index is 12.0. The van der Waals surface area contributed by atoms with Gasteiger partial charge < -0.3 is 5.73 Å². The fraction of sp³-hybridized carbons (Fsp3) is 0.176. The Morgan fingerprint density at radius 1 is 1.19 bits per heavy atom. The van der Waals surface area contributed by atoms with Gasteiger partial charge in [0.15, 0.2) is 0 Å². The number of para-hydroxylation sites is 1. The number of hydrogen-bond acceptors (Lipinski definition) is 3. The van der Waals surface area contributed by atoms with Crippen molar-refractivity contribution in [2.75, 3.05) is 0 Å². The van der Waals surface area contributed by atoms with Crippen LogP contribution >= 0.6 is 0 Å². The van der Waals surface area contributed by atoms with Crippen LogP contribution in [0.15, 0.2) is 64.6 Å². The molecule has 2 N–H and O–H groups in total. The zero-order chi connectivity index (χ0) is 15.2. The van der Waals surface area contributed by atoms with E-state index in [1.165, 1.54) is 12.3 Å². The molecule has 21 heavy (non-hydrogen) atoms. The lowest BCUT2D eigenvalue weighted by Gasteiger charge is -2.08. The van der Waals surface area contributed by atoms with Gasteiger partial charge in [-0.15, -0.1) is 0 Å². The summed E-state index contributed by atoms with van der Waals surface area (Å²) in [7, 11) is 0. The fourth-order valence-corrected chi connectivity index (χ4v) is 1.89. The Morgan fingerprint density at radius 2 is 1.90 bits per heavy atom. The molecule has 2 rings (SSSR count). The van der Waals surface area contributed by atoms with Crippen molar-refractivity contribution < 1.29 is 0 Å². The molecule has 0 fully saturated rings. The Morgan fingerprint density at radius 3 is 2.52 bits per heavy atom. The number of rotatable bonds is 4. The Balaban J connectivity index is 2.46. The molecular formula is C17H19N3O. The SMILES string of the molecule is CC(C)N=CC(=CN)c1ccc(=O)n(-c2ccccc2)c1. The van der Waals surface area contributed by atoms with Gasteiger partial charge in [0.1, 0.15) is 0 Å². The second-order valence-electron chi connectivity index (χ2n) is 4.96. The van der Waals surface area contributed by atoms with Gasteiger partial charge in [-0.2, -0.15) is 0 Å². The molecule has 1 heterocycles. The van der Waals surface area contributed by atoms with Crippen LogP contribution in [0.4, 0.5) is 0 Å². The van der Waals surface area contributed by atoms with E-state index in [-0.39, 0.29) is 11.6 Å². The van der Waals surface area contributed by atoms with Crippen molar-refractivity contribution in [3.8, 4) is 5.69 Å². The summed E-state index contributed by atoms with van der Waals surface area (Å²) in [6.07, 6.45) is 5.02. The number of aromatic nitrogens is 1. The summed E-state index contributed by atoms with van der Waals surface area (Å²) >= 11 is 0. The molecule has 1 aromatic carbocycles.